The van der Waals surface area contributed by atoms with E-state index >= 15 is 0 Å². The van der Waals surface area contributed by atoms with Crippen LogP contribution in [0.5, 0.6) is 0 Å². The fraction of sp³-hybridized carbons (Fsp3) is 1.00. The SMILES string of the molecule is F.F.NCCN. The van der Waals surface area contributed by atoms with Gasteiger partial charge in [-0.3, -0.25) is 9.41 Å². The van der Waals surface area contributed by atoms with Gasteiger partial charge in [0.2, 0.25) is 0 Å². The predicted molar refractivity (Wildman–Crippen MR) is 23.1 cm³/mol. The molecule has 0 aromatic heterocycles. The van der Waals surface area contributed by atoms with E-state index in [0.29, 0.717) is 13.1 Å². The molecule has 0 radical (unpaired) electrons. The zero-order valence-corrected chi connectivity index (χ0v) is 3.39. The van der Waals surface area contributed by atoms with Crippen LogP contribution in [0.1, 0.15) is 0 Å². The summed E-state index contributed by atoms with van der Waals surface area (Å²) in [5.74, 6) is 0. The Morgan fingerprint density at radius 1 is 0.833 bits per heavy atom. The molecule has 0 saturated heterocycles. The Kier molecular flexibility index (Phi) is 61.4. The molecule has 2 nitrogen and oxygen atoms in total. The number of hydrogen-bond donors (Lipinski definition) is 2. The first-order chi connectivity index (χ1) is 1.91. The van der Waals surface area contributed by atoms with Gasteiger partial charge in [0.15, 0.2) is 0 Å². The molecule has 0 aliphatic carbocycles. The molecule has 4 N–H and O–H groups in total. The molecule has 0 aromatic carbocycles. The Balaban J connectivity index is -0.0000000450. The van der Waals surface area contributed by atoms with Crippen molar-refractivity contribution in [3.05, 3.63) is 0 Å². The van der Waals surface area contributed by atoms with Crippen molar-refractivity contribution in [2.24, 2.45) is 11.5 Å². The Labute approximate surface area is 35.2 Å². The van der Waals surface area contributed by atoms with E-state index in [9.17, 15) is 0 Å². The molecule has 0 aliphatic heterocycles. The first-order valence-corrected chi connectivity index (χ1v) is 1.32. The van der Waals surface area contributed by atoms with E-state index in [1.54, 1.807) is 0 Å². The largest absolute Gasteiger partial charge is 0.329 e. The molecule has 0 bridgehead atoms. The fourth-order valence-electron chi connectivity index (χ4n) is 0. The summed E-state index contributed by atoms with van der Waals surface area (Å²) in [4.78, 5) is 0. The second-order valence-corrected chi connectivity index (χ2v) is 0.577. The van der Waals surface area contributed by atoms with Crippen molar-refractivity contribution < 1.29 is 9.41 Å². The Bertz CT molecular complexity index is 11.5. The highest BCUT2D eigenvalue weighted by Gasteiger charge is 1.54. The summed E-state index contributed by atoms with van der Waals surface area (Å²) in [6, 6.07) is 0. The van der Waals surface area contributed by atoms with Gasteiger partial charge < -0.3 is 11.5 Å². The lowest BCUT2D eigenvalue weighted by Crippen LogP contribution is -2.11. The minimum absolute atomic E-state index is 0. The van der Waals surface area contributed by atoms with Gasteiger partial charge in [0, 0.05) is 13.1 Å². The van der Waals surface area contributed by atoms with E-state index in [2.05, 4.69) is 0 Å². The minimum atomic E-state index is 0. The van der Waals surface area contributed by atoms with Crippen LogP contribution in [0.4, 0.5) is 9.41 Å². The predicted octanol–water partition coefficient (Wildman–Crippen LogP) is -0.791. The standard InChI is InChI=1S/C2H8N2.2FH/c3-1-2-4;;/h1-4H2;2*1H. The van der Waals surface area contributed by atoms with Gasteiger partial charge in [-0.25, -0.2) is 0 Å². The molecule has 6 heavy (non-hydrogen) atoms. The van der Waals surface area contributed by atoms with Gasteiger partial charge in [0.1, 0.15) is 0 Å². The van der Waals surface area contributed by atoms with Crippen molar-refractivity contribution in [2.45, 2.75) is 0 Å². The van der Waals surface area contributed by atoms with E-state index in [-0.39, 0.29) is 9.41 Å². The molecule has 0 amide bonds. The van der Waals surface area contributed by atoms with Crippen LogP contribution in [0.15, 0.2) is 0 Å². The molecule has 0 atom stereocenters. The maximum absolute atomic E-state index is 4.90. The van der Waals surface area contributed by atoms with Gasteiger partial charge in [-0.2, -0.15) is 0 Å². The summed E-state index contributed by atoms with van der Waals surface area (Å²) in [6.07, 6.45) is 0. The molecule has 0 spiro atoms. The van der Waals surface area contributed by atoms with Gasteiger partial charge in [0.05, 0.1) is 0 Å². The van der Waals surface area contributed by atoms with Crippen LogP contribution in [0.2, 0.25) is 0 Å². The van der Waals surface area contributed by atoms with Crippen LogP contribution < -0.4 is 11.5 Å². The fourth-order valence-corrected chi connectivity index (χ4v) is 0. The van der Waals surface area contributed by atoms with Crippen molar-refractivity contribution >= 4 is 0 Å². The normalized spacial score (nSPS) is 5.00. The molecular formula is C2H10F2N2. The molecular weight excluding hydrogens is 90.0 g/mol. The number of hydrogen-bond acceptors (Lipinski definition) is 2. The van der Waals surface area contributed by atoms with Gasteiger partial charge >= 0.3 is 0 Å². The Morgan fingerprint density at radius 3 is 1.00 bits per heavy atom. The minimum Gasteiger partial charge on any atom is -0.329 e. The van der Waals surface area contributed by atoms with Crippen LogP contribution in [-0.4, -0.2) is 13.1 Å². The lowest BCUT2D eigenvalue weighted by molar-refractivity contribution is 0.976. The van der Waals surface area contributed by atoms with Crippen molar-refractivity contribution in [3.63, 3.8) is 0 Å². The second-order valence-electron chi connectivity index (χ2n) is 0.577. The van der Waals surface area contributed by atoms with E-state index in [1.165, 1.54) is 0 Å². The monoisotopic (exact) mass is 100 g/mol. The van der Waals surface area contributed by atoms with E-state index in [0.717, 1.165) is 0 Å². The lowest BCUT2D eigenvalue weighted by atomic mass is 10.7. The highest BCUT2D eigenvalue weighted by atomic mass is 19.0. The average molecular weight is 100 g/mol. The smallest absolute Gasteiger partial charge is 0.00461 e. The molecule has 0 saturated carbocycles. The molecule has 0 rings (SSSR count). The summed E-state index contributed by atoms with van der Waals surface area (Å²) in [7, 11) is 0. The maximum atomic E-state index is 4.90. The third kappa shape index (κ3) is 48.0. The van der Waals surface area contributed by atoms with Gasteiger partial charge in [-0.1, -0.05) is 0 Å². The zero-order chi connectivity index (χ0) is 3.41. The number of halogens is 2. The average Bonchev–Trinajstić information content (AvgIpc) is 1.37. The number of nitrogens with two attached hydrogens (primary N) is 2. The van der Waals surface area contributed by atoms with Crippen molar-refractivity contribution in [3.8, 4) is 0 Å². The zero-order valence-electron chi connectivity index (χ0n) is 3.39. The van der Waals surface area contributed by atoms with Crippen LogP contribution in [0.25, 0.3) is 0 Å². The first kappa shape index (κ1) is 17.1. The Hall–Kier alpha value is -0.220. The second kappa shape index (κ2) is 21.6. The van der Waals surface area contributed by atoms with Crippen LogP contribution >= 0.6 is 0 Å². The van der Waals surface area contributed by atoms with E-state index in [4.69, 9.17) is 11.5 Å². The van der Waals surface area contributed by atoms with Gasteiger partial charge in [0.25, 0.3) is 0 Å². The quantitative estimate of drug-likeness (QED) is 0.453. The molecule has 0 heterocycles. The van der Waals surface area contributed by atoms with Crippen molar-refractivity contribution in [1.82, 2.24) is 0 Å². The maximum Gasteiger partial charge on any atom is 0.00461 e. The van der Waals surface area contributed by atoms with E-state index < -0.39 is 0 Å². The molecule has 4 heteroatoms. The van der Waals surface area contributed by atoms with E-state index in [1.807, 2.05) is 0 Å². The summed E-state index contributed by atoms with van der Waals surface area (Å²) in [5, 5.41) is 0. The van der Waals surface area contributed by atoms with Gasteiger partial charge in [-0.05, 0) is 0 Å². The van der Waals surface area contributed by atoms with Crippen LogP contribution in [0, 0.1) is 0 Å². The third-order valence-electron chi connectivity index (χ3n) is 0.167. The summed E-state index contributed by atoms with van der Waals surface area (Å²) >= 11 is 0. The molecule has 0 aliphatic rings. The summed E-state index contributed by atoms with van der Waals surface area (Å²) < 4.78 is 0. The van der Waals surface area contributed by atoms with Crippen LogP contribution in [0.3, 0.4) is 0 Å². The molecule has 0 unspecified atom stereocenters. The van der Waals surface area contributed by atoms with Gasteiger partial charge in [-0.15, -0.1) is 0 Å². The lowest BCUT2D eigenvalue weighted by Gasteiger charge is -1.72. The molecule has 42 valence electrons. The number of rotatable bonds is 1. The Morgan fingerprint density at radius 2 is 1.00 bits per heavy atom. The highest BCUT2D eigenvalue weighted by molar-refractivity contribution is 4.26. The summed E-state index contributed by atoms with van der Waals surface area (Å²) in [6.45, 7) is 1.19. The third-order valence-corrected chi connectivity index (χ3v) is 0.167. The topological polar surface area (TPSA) is 52.0 Å². The van der Waals surface area contributed by atoms with Crippen molar-refractivity contribution in [2.75, 3.05) is 13.1 Å². The first-order valence-electron chi connectivity index (χ1n) is 1.32. The highest BCUT2D eigenvalue weighted by Crippen LogP contribution is 1.24. The summed E-state index contributed by atoms with van der Waals surface area (Å²) in [5.41, 5.74) is 9.81. The van der Waals surface area contributed by atoms with Crippen LogP contribution in [-0.2, 0) is 0 Å². The van der Waals surface area contributed by atoms with Crippen molar-refractivity contribution in [1.29, 1.82) is 0 Å². The molecule has 0 aromatic rings. The molecule has 0 fully saturated rings.